The number of hydrogen-bond donors (Lipinski definition) is 1. The van der Waals surface area contributed by atoms with Crippen LogP contribution >= 0.6 is 0 Å². The zero-order chi connectivity index (χ0) is 11.3. The highest BCUT2D eigenvalue weighted by Crippen LogP contribution is 2.13. The van der Waals surface area contributed by atoms with Crippen LogP contribution in [0.5, 0.6) is 5.75 Å². The van der Waals surface area contributed by atoms with Crippen molar-refractivity contribution >= 4 is 5.71 Å². The highest BCUT2D eigenvalue weighted by Gasteiger charge is 1.99. The van der Waals surface area contributed by atoms with Crippen LogP contribution in [0.4, 0.5) is 0 Å². The Morgan fingerprint density at radius 1 is 1.33 bits per heavy atom. The third kappa shape index (κ3) is 3.62. The van der Waals surface area contributed by atoms with E-state index in [0.717, 1.165) is 11.3 Å². The summed E-state index contributed by atoms with van der Waals surface area (Å²) in [5.74, 6) is 1.36. The normalized spacial score (nSPS) is 11.9. The first-order chi connectivity index (χ1) is 7.13. The number of rotatable bonds is 4. The maximum atomic E-state index is 8.59. The lowest BCUT2D eigenvalue weighted by Crippen LogP contribution is -2.04. The van der Waals surface area contributed by atoms with Gasteiger partial charge in [-0.25, -0.2) is 0 Å². The Morgan fingerprint density at radius 3 is 2.40 bits per heavy atom. The fraction of sp³-hybridized carbons (Fsp3) is 0.417. The summed E-state index contributed by atoms with van der Waals surface area (Å²) in [7, 11) is 0. The molecule has 0 amide bonds. The average molecular weight is 207 g/mol. The third-order valence-electron chi connectivity index (χ3n) is 2.01. The molecule has 82 valence electrons. The van der Waals surface area contributed by atoms with Gasteiger partial charge < -0.3 is 9.94 Å². The SMILES string of the molecule is C/C(=N\O)c1ccc(OCC(C)C)cc1. The molecule has 0 fully saturated rings. The van der Waals surface area contributed by atoms with Crippen molar-refractivity contribution in [3.8, 4) is 5.75 Å². The molecule has 0 saturated carbocycles. The van der Waals surface area contributed by atoms with E-state index in [9.17, 15) is 0 Å². The molecule has 1 aromatic rings. The fourth-order valence-corrected chi connectivity index (χ4v) is 1.11. The van der Waals surface area contributed by atoms with E-state index in [1.54, 1.807) is 6.92 Å². The summed E-state index contributed by atoms with van der Waals surface area (Å²) in [4.78, 5) is 0. The number of oxime groups is 1. The lowest BCUT2D eigenvalue weighted by Gasteiger charge is -2.08. The van der Waals surface area contributed by atoms with E-state index in [1.807, 2.05) is 24.3 Å². The monoisotopic (exact) mass is 207 g/mol. The molecule has 0 spiro atoms. The molecule has 0 heterocycles. The molecule has 15 heavy (non-hydrogen) atoms. The Labute approximate surface area is 90.4 Å². The van der Waals surface area contributed by atoms with Crippen LogP contribution in [-0.2, 0) is 0 Å². The summed E-state index contributed by atoms with van der Waals surface area (Å²) in [6.07, 6.45) is 0. The van der Waals surface area contributed by atoms with Crippen LogP contribution in [0, 0.1) is 5.92 Å². The molecule has 1 rings (SSSR count). The van der Waals surface area contributed by atoms with Gasteiger partial charge in [-0.1, -0.05) is 19.0 Å². The van der Waals surface area contributed by atoms with Crippen molar-refractivity contribution in [3.63, 3.8) is 0 Å². The van der Waals surface area contributed by atoms with Crippen molar-refractivity contribution in [1.82, 2.24) is 0 Å². The molecule has 0 saturated heterocycles. The first-order valence-electron chi connectivity index (χ1n) is 5.05. The standard InChI is InChI=1S/C12H17NO2/c1-9(2)8-15-12-6-4-11(5-7-12)10(3)13-14/h4-7,9,14H,8H2,1-3H3/b13-10+. The molecule has 0 unspecified atom stereocenters. The smallest absolute Gasteiger partial charge is 0.119 e. The Morgan fingerprint density at radius 2 is 1.93 bits per heavy atom. The summed E-state index contributed by atoms with van der Waals surface area (Å²) in [5.41, 5.74) is 1.50. The molecule has 0 atom stereocenters. The van der Waals surface area contributed by atoms with E-state index in [2.05, 4.69) is 19.0 Å². The fourth-order valence-electron chi connectivity index (χ4n) is 1.11. The number of nitrogens with zero attached hydrogens (tertiary/aromatic N) is 1. The molecular weight excluding hydrogens is 190 g/mol. The molecule has 0 radical (unpaired) electrons. The molecule has 0 bridgehead atoms. The summed E-state index contributed by atoms with van der Waals surface area (Å²) < 4.78 is 5.53. The minimum atomic E-state index is 0.519. The van der Waals surface area contributed by atoms with E-state index < -0.39 is 0 Å². The number of ether oxygens (including phenoxy) is 1. The van der Waals surface area contributed by atoms with E-state index in [4.69, 9.17) is 9.94 Å². The largest absolute Gasteiger partial charge is 0.493 e. The van der Waals surface area contributed by atoms with Gasteiger partial charge in [-0.05, 0) is 42.7 Å². The molecule has 1 aromatic carbocycles. The van der Waals surface area contributed by atoms with Gasteiger partial charge in [-0.15, -0.1) is 0 Å². The average Bonchev–Trinajstić information content (AvgIpc) is 2.26. The van der Waals surface area contributed by atoms with Crippen LogP contribution in [-0.4, -0.2) is 17.5 Å². The topological polar surface area (TPSA) is 41.8 Å². The minimum Gasteiger partial charge on any atom is -0.493 e. The molecule has 3 heteroatoms. The molecular formula is C12H17NO2. The summed E-state index contributed by atoms with van der Waals surface area (Å²) >= 11 is 0. The molecule has 3 nitrogen and oxygen atoms in total. The molecule has 0 aromatic heterocycles. The summed E-state index contributed by atoms with van der Waals surface area (Å²) in [6, 6.07) is 7.52. The van der Waals surface area contributed by atoms with E-state index >= 15 is 0 Å². The third-order valence-corrected chi connectivity index (χ3v) is 2.01. The van der Waals surface area contributed by atoms with Crippen LogP contribution in [0.15, 0.2) is 29.4 Å². The first kappa shape index (κ1) is 11.6. The molecule has 0 aliphatic rings. The Balaban J connectivity index is 2.64. The molecule has 1 N–H and O–H groups in total. The van der Waals surface area contributed by atoms with Gasteiger partial charge in [0.15, 0.2) is 0 Å². The lowest BCUT2D eigenvalue weighted by molar-refractivity contribution is 0.271. The predicted molar refractivity (Wildman–Crippen MR) is 60.8 cm³/mol. The van der Waals surface area contributed by atoms with E-state index in [1.165, 1.54) is 0 Å². The minimum absolute atomic E-state index is 0.519. The van der Waals surface area contributed by atoms with Gasteiger partial charge in [0.25, 0.3) is 0 Å². The van der Waals surface area contributed by atoms with Gasteiger partial charge in [-0.2, -0.15) is 0 Å². The zero-order valence-corrected chi connectivity index (χ0v) is 9.40. The number of hydrogen-bond acceptors (Lipinski definition) is 3. The van der Waals surface area contributed by atoms with Gasteiger partial charge in [0.05, 0.1) is 12.3 Å². The van der Waals surface area contributed by atoms with E-state index in [0.29, 0.717) is 18.2 Å². The summed E-state index contributed by atoms with van der Waals surface area (Å²) in [6.45, 7) is 6.68. The van der Waals surface area contributed by atoms with E-state index in [-0.39, 0.29) is 0 Å². The van der Waals surface area contributed by atoms with Crippen LogP contribution in [0.1, 0.15) is 26.3 Å². The maximum Gasteiger partial charge on any atom is 0.119 e. The Bertz CT molecular complexity index is 328. The van der Waals surface area contributed by atoms with Crippen LogP contribution < -0.4 is 4.74 Å². The van der Waals surface area contributed by atoms with Crippen molar-refractivity contribution in [1.29, 1.82) is 0 Å². The van der Waals surface area contributed by atoms with Crippen LogP contribution in [0.25, 0.3) is 0 Å². The van der Waals surface area contributed by atoms with Crippen molar-refractivity contribution in [2.75, 3.05) is 6.61 Å². The van der Waals surface area contributed by atoms with Crippen molar-refractivity contribution < 1.29 is 9.94 Å². The van der Waals surface area contributed by atoms with Gasteiger partial charge >= 0.3 is 0 Å². The van der Waals surface area contributed by atoms with Gasteiger partial charge in [-0.3, -0.25) is 0 Å². The van der Waals surface area contributed by atoms with Gasteiger partial charge in [0.2, 0.25) is 0 Å². The van der Waals surface area contributed by atoms with Gasteiger partial charge in [0, 0.05) is 0 Å². The quantitative estimate of drug-likeness (QED) is 0.468. The second-order valence-corrected chi connectivity index (χ2v) is 3.91. The molecule has 0 aliphatic carbocycles. The lowest BCUT2D eigenvalue weighted by atomic mass is 10.1. The highest BCUT2D eigenvalue weighted by atomic mass is 16.5. The maximum absolute atomic E-state index is 8.59. The van der Waals surface area contributed by atoms with Crippen LogP contribution in [0.2, 0.25) is 0 Å². The van der Waals surface area contributed by atoms with Gasteiger partial charge in [0.1, 0.15) is 5.75 Å². The first-order valence-corrected chi connectivity index (χ1v) is 5.05. The van der Waals surface area contributed by atoms with Crippen molar-refractivity contribution in [3.05, 3.63) is 29.8 Å². The number of benzene rings is 1. The second kappa shape index (κ2) is 5.39. The predicted octanol–water partition coefficient (Wildman–Crippen LogP) is 2.92. The summed E-state index contributed by atoms with van der Waals surface area (Å²) in [5, 5.41) is 11.7. The zero-order valence-electron chi connectivity index (χ0n) is 9.40. The Hall–Kier alpha value is -1.51. The second-order valence-electron chi connectivity index (χ2n) is 3.91. The Kier molecular flexibility index (Phi) is 4.16. The highest BCUT2D eigenvalue weighted by molar-refractivity contribution is 5.98. The van der Waals surface area contributed by atoms with Crippen molar-refractivity contribution in [2.45, 2.75) is 20.8 Å². The molecule has 0 aliphatic heterocycles. The van der Waals surface area contributed by atoms with Crippen molar-refractivity contribution in [2.24, 2.45) is 11.1 Å². The van der Waals surface area contributed by atoms with Crippen LogP contribution in [0.3, 0.4) is 0 Å².